The van der Waals surface area contributed by atoms with E-state index in [1.807, 2.05) is 18.7 Å². The quantitative estimate of drug-likeness (QED) is 0.615. The Kier molecular flexibility index (Phi) is 10.7. The van der Waals surface area contributed by atoms with Crippen LogP contribution in [0.15, 0.2) is 0 Å². The summed E-state index contributed by atoms with van der Waals surface area (Å²) in [6.45, 7) is 10.5. The van der Waals surface area contributed by atoms with E-state index in [9.17, 15) is 9.59 Å². The smallest absolute Gasteiger partial charge is 0.317 e. The van der Waals surface area contributed by atoms with Crippen molar-refractivity contribution in [2.24, 2.45) is 11.8 Å². The molecule has 1 atom stereocenters. The van der Waals surface area contributed by atoms with Gasteiger partial charge in [0.05, 0.1) is 0 Å². The summed E-state index contributed by atoms with van der Waals surface area (Å²) in [4.78, 5) is 24.5. The molecule has 0 fully saturated rings. The molecular formula is C16H32N2O3. The average molecular weight is 300 g/mol. The normalized spacial score (nSPS) is 12.2. The first-order valence-electron chi connectivity index (χ1n) is 8.18. The number of aliphatic carboxylic acids is 1. The number of carboxylic acids is 1. The molecule has 0 aliphatic carbocycles. The number of hydrogen-bond donors (Lipinski definition) is 2. The molecule has 0 aromatic carbocycles. The molecule has 5 nitrogen and oxygen atoms in total. The van der Waals surface area contributed by atoms with Gasteiger partial charge in [0.2, 0.25) is 0 Å². The minimum atomic E-state index is -0.756. The van der Waals surface area contributed by atoms with Gasteiger partial charge in [-0.15, -0.1) is 0 Å². The molecule has 0 aromatic rings. The third kappa shape index (κ3) is 9.32. The van der Waals surface area contributed by atoms with E-state index in [-0.39, 0.29) is 12.5 Å². The fourth-order valence-corrected chi connectivity index (χ4v) is 2.27. The fourth-order valence-electron chi connectivity index (χ4n) is 2.27. The minimum Gasteiger partial charge on any atom is -0.481 e. The Morgan fingerprint density at radius 2 is 1.76 bits per heavy atom. The molecule has 2 amide bonds. The van der Waals surface area contributed by atoms with Crippen molar-refractivity contribution in [3.8, 4) is 0 Å². The van der Waals surface area contributed by atoms with Crippen LogP contribution in [0.3, 0.4) is 0 Å². The lowest BCUT2D eigenvalue weighted by molar-refractivity contribution is -0.137. The zero-order valence-electron chi connectivity index (χ0n) is 14.0. The van der Waals surface area contributed by atoms with Crippen LogP contribution in [0, 0.1) is 11.8 Å². The predicted molar refractivity (Wildman–Crippen MR) is 85.4 cm³/mol. The molecule has 2 N–H and O–H groups in total. The maximum Gasteiger partial charge on any atom is 0.317 e. The van der Waals surface area contributed by atoms with Crippen LogP contribution < -0.4 is 5.32 Å². The number of carbonyl (C=O) groups excluding carboxylic acids is 1. The molecule has 124 valence electrons. The predicted octanol–water partition coefficient (Wildman–Crippen LogP) is 3.35. The molecule has 0 rings (SSSR count). The van der Waals surface area contributed by atoms with Crippen molar-refractivity contribution >= 4 is 12.0 Å². The number of urea groups is 1. The lowest BCUT2D eigenvalue weighted by atomic mass is 10.0. The maximum atomic E-state index is 12.1. The minimum absolute atomic E-state index is 0.00478. The van der Waals surface area contributed by atoms with Crippen LogP contribution in [0.5, 0.6) is 0 Å². The molecule has 0 aromatic heterocycles. The van der Waals surface area contributed by atoms with Gasteiger partial charge in [0.1, 0.15) is 0 Å². The van der Waals surface area contributed by atoms with Gasteiger partial charge < -0.3 is 15.3 Å². The highest BCUT2D eigenvalue weighted by molar-refractivity contribution is 5.74. The number of nitrogens with one attached hydrogen (secondary N) is 1. The summed E-state index contributed by atoms with van der Waals surface area (Å²) >= 11 is 0. The SMILES string of the molecule is CCC(CC)CN(CC)C(=O)NCCC(C)CCC(=O)O. The molecule has 0 heterocycles. The second-order valence-corrected chi connectivity index (χ2v) is 5.78. The first-order chi connectivity index (χ1) is 9.94. The van der Waals surface area contributed by atoms with E-state index >= 15 is 0 Å². The van der Waals surface area contributed by atoms with Crippen molar-refractivity contribution in [1.29, 1.82) is 0 Å². The second kappa shape index (κ2) is 11.4. The molecule has 0 radical (unpaired) electrons. The summed E-state index contributed by atoms with van der Waals surface area (Å²) in [5.74, 6) is 0.119. The number of carbonyl (C=O) groups is 2. The van der Waals surface area contributed by atoms with Crippen molar-refractivity contribution in [2.45, 2.75) is 59.8 Å². The summed E-state index contributed by atoms with van der Waals surface area (Å²) < 4.78 is 0. The monoisotopic (exact) mass is 300 g/mol. The van der Waals surface area contributed by atoms with Crippen LogP contribution in [0.1, 0.15) is 59.8 Å². The van der Waals surface area contributed by atoms with Crippen LogP contribution in [0.4, 0.5) is 4.79 Å². The molecule has 0 aliphatic heterocycles. The second-order valence-electron chi connectivity index (χ2n) is 5.78. The van der Waals surface area contributed by atoms with Crippen LogP contribution in [-0.4, -0.2) is 41.6 Å². The van der Waals surface area contributed by atoms with Gasteiger partial charge in [0.25, 0.3) is 0 Å². The lowest BCUT2D eigenvalue weighted by Gasteiger charge is -2.26. The number of hydrogen-bond acceptors (Lipinski definition) is 2. The summed E-state index contributed by atoms with van der Waals surface area (Å²) in [6.07, 6.45) is 3.86. The Morgan fingerprint density at radius 3 is 2.24 bits per heavy atom. The van der Waals surface area contributed by atoms with E-state index < -0.39 is 5.97 Å². The highest BCUT2D eigenvalue weighted by Crippen LogP contribution is 2.11. The van der Waals surface area contributed by atoms with E-state index in [1.54, 1.807) is 0 Å². The Hall–Kier alpha value is -1.26. The highest BCUT2D eigenvalue weighted by atomic mass is 16.4. The largest absolute Gasteiger partial charge is 0.481 e. The number of nitrogens with zero attached hydrogens (tertiary/aromatic N) is 1. The lowest BCUT2D eigenvalue weighted by Crippen LogP contribution is -2.42. The zero-order chi connectivity index (χ0) is 16.3. The molecule has 5 heteroatoms. The molecular weight excluding hydrogens is 268 g/mol. The van der Waals surface area contributed by atoms with Crippen LogP contribution in [0.25, 0.3) is 0 Å². The third-order valence-corrected chi connectivity index (χ3v) is 4.07. The van der Waals surface area contributed by atoms with E-state index in [4.69, 9.17) is 5.11 Å². The van der Waals surface area contributed by atoms with E-state index in [0.717, 1.165) is 32.4 Å². The first-order valence-corrected chi connectivity index (χ1v) is 8.18. The van der Waals surface area contributed by atoms with Gasteiger partial charge in [-0.2, -0.15) is 0 Å². The maximum absolute atomic E-state index is 12.1. The van der Waals surface area contributed by atoms with E-state index in [0.29, 0.717) is 24.8 Å². The van der Waals surface area contributed by atoms with Crippen LogP contribution in [0.2, 0.25) is 0 Å². The molecule has 0 saturated heterocycles. The number of amides is 2. The Labute approximate surface area is 129 Å². The van der Waals surface area contributed by atoms with Gasteiger partial charge in [-0.1, -0.05) is 33.6 Å². The topological polar surface area (TPSA) is 69.6 Å². The molecule has 21 heavy (non-hydrogen) atoms. The van der Waals surface area contributed by atoms with Crippen molar-refractivity contribution in [3.63, 3.8) is 0 Å². The molecule has 1 unspecified atom stereocenters. The summed E-state index contributed by atoms with van der Waals surface area (Å²) in [5.41, 5.74) is 0. The summed E-state index contributed by atoms with van der Waals surface area (Å²) in [7, 11) is 0. The van der Waals surface area contributed by atoms with Gasteiger partial charge in [0.15, 0.2) is 0 Å². The van der Waals surface area contributed by atoms with Gasteiger partial charge in [-0.25, -0.2) is 4.79 Å². The highest BCUT2D eigenvalue weighted by Gasteiger charge is 2.15. The van der Waals surface area contributed by atoms with E-state index in [2.05, 4.69) is 19.2 Å². The van der Waals surface area contributed by atoms with Crippen molar-refractivity contribution in [2.75, 3.05) is 19.6 Å². The Balaban J connectivity index is 4.01. The van der Waals surface area contributed by atoms with Gasteiger partial charge in [0, 0.05) is 26.1 Å². The Morgan fingerprint density at radius 1 is 1.14 bits per heavy atom. The first kappa shape index (κ1) is 19.7. The number of carboxylic acid groups (broad SMARTS) is 1. The van der Waals surface area contributed by atoms with Crippen molar-refractivity contribution in [3.05, 3.63) is 0 Å². The molecule has 0 aliphatic rings. The molecule has 0 bridgehead atoms. The molecule has 0 saturated carbocycles. The summed E-state index contributed by atoms with van der Waals surface area (Å²) in [5, 5.41) is 11.6. The number of rotatable bonds is 11. The Bertz CT molecular complexity index is 304. The third-order valence-electron chi connectivity index (χ3n) is 4.07. The average Bonchev–Trinajstić information content (AvgIpc) is 2.46. The van der Waals surface area contributed by atoms with Crippen molar-refractivity contribution < 1.29 is 14.7 Å². The zero-order valence-corrected chi connectivity index (χ0v) is 14.0. The van der Waals surface area contributed by atoms with Crippen LogP contribution in [-0.2, 0) is 4.79 Å². The summed E-state index contributed by atoms with van der Waals surface area (Å²) in [6, 6.07) is -0.00478. The van der Waals surface area contributed by atoms with Crippen LogP contribution >= 0.6 is 0 Å². The van der Waals surface area contributed by atoms with E-state index in [1.165, 1.54) is 0 Å². The van der Waals surface area contributed by atoms with Gasteiger partial charge in [-0.3, -0.25) is 4.79 Å². The standard InChI is InChI=1S/C16H32N2O3/c1-5-14(6-2)12-18(7-3)16(21)17-11-10-13(4)8-9-15(19)20/h13-14H,5-12H2,1-4H3,(H,17,21)(H,19,20). The molecule has 0 spiro atoms. The van der Waals surface area contributed by atoms with Gasteiger partial charge in [-0.05, 0) is 31.6 Å². The van der Waals surface area contributed by atoms with Crippen molar-refractivity contribution in [1.82, 2.24) is 10.2 Å². The fraction of sp³-hybridized carbons (Fsp3) is 0.875. The van der Waals surface area contributed by atoms with Gasteiger partial charge >= 0.3 is 12.0 Å².